The molecule has 0 aliphatic heterocycles. The van der Waals surface area contributed by atoms with E-state index in [0.29, 0.717) is 25.5 Å². The Bertz CT molecular complexity index is 1130. The maximum Gasteiger partial charge on any atom is 0.460 e. The van der Waals surface area contributed by atoms with E-state index in [1.54, 1.807) is 6.92 Å². The number of hydrogen-bond donors (Lipinski definition) is 0. The number of halogens is 17. The largest absolute Gasteiger partial charge is 0.460 e. The molecule has 4 nitrogen and oxygen atoms in total. The molecular formula is C21H27F17O4S2. The van der Waals surface area contributed by atoms with Gasteiger partial charge in [-0.15, -0.1) is 10.3 Å². The summed E-state index contributed by atoms with van der Waals surface area (Å²) in [5, 5.41) is -7.80. The number of rotatable bonds is 16. The molecule has 0 saturated carbocycles. The van der Waals surface area contributed by atoms with Crippen LogP contribution in [0.15, 0.2) is 0 Å². The van der Waals surface area contributed by atoms with E-state index >= 15 is 0 Å². The second-order valence-electron chi connectivity index (χ2n) is 10.6. The fourth-order valence-corrected chi connectivity index (χ4v) is 7.58. The van der Waals surface area contributed by atoms with Crippen molar-refractivity contribution >= 4 is 26.2 Å². The molecule has 0 fully saturated rings. The Kier molecular flexibility index (Phi) is 12.0. The molecule has 0 aromatic rings. The Hall–Kier alpha value is -1.26. The van der Waals surface area contributed by atoms with Crippen LogP contribution in [0.3, 0.4) is 0 Å². The van der Waals surface area contributed by atoms with Gasteiger partial charge in [0.1, 0.15) is 5.78 Å². The number of carbonyl (C=O) groups is 1. The monoisotopic (exact) mass is 730 g/mol. The van der Waals surface area contributed by atoms with E-state index in [9.17, 15) is 87.8 Å². The summed E-state index contributed by atoms with van der Waals surface area (Å²) in [6.45, 7) is 4.65. The Labute approximate surface area is 241 Å². The van der Waals surface area contributed by atoms with E-state index in [2.05, 4.69) is 3.63 Å². The molecule has 0 radical (unpaired) electrons. The van der Waals surface area contributed by atoms with Gasteiger partial charge in [-0.05, 0) is 12.7 Å². The average molecular weight is 731 g/mol. The van der Waals surface area contributed by atoms with Crippen molar-refractivity contribution in [2.24, 2.45) is 0 Å². The molecule has 1 atom stereocenters. The zero-order valence-electron chi connectivity index (χ0n) is 23.1. The van der Waals surface area contributed by atoms with Gasteiger partial charge >= 0.3 is 57.1 Å². The summed E-state index contributed by atoms with van der Waals surface area (Å²) < 4.78 is 257. The van der Waals surface area contributed by atoms with Gasteiger partial charge in [0.25, 0.3) is 0 Å². The molecule has 0 aliphatic rings. The van der Waals surface area contributed by atoms with Gasteiger partial charge < -0.3 is 0 Å². The van der Waals surface area contributed by atoms with Crippen molar-refractivity contribution < 1.29 is 91.5 Å². The number of alkyl halides is 17. The highest BCUT2D eigenvalue weighted by molar-refractivity contribution is 8.33. The van der Waals surface area contributed by atoms with Gasteiger partial charge in [0.05, 0.1) is 5.75 Å². The van der Waals surface area contributed by atoms with Gasteiger partial charge in [-0.3, -0.25) is 4.79 Å². The first kappa shape index (κ1) is 42.7. The van der Waals surface area contributed by atoms with Crippen LogP contribution in [0.2, 0.25) is 0 Å². The third kappa shape index (κ3) is 6.87. The van der Waals surface area contributed by atoms with Gasteiger partial charge in [0.2, 0.25) is 0 Å². The topological polar surface area (TPSA) is 60.4 Å². The van der Waals surface area contributed by atoms with Gasteiger partial charge in [-0.25, -0.2) is 3.63 Å². The second kappa shape index (κ2) is 12.4. The van der Waals surface area contributed by atoms with E-state index in [0.717, 1.165) is 20.8 Å². The van der Waals surface area contributed by atoms with E-state index in [4.69, 9.17) is 0 Å². The molecule has 23 heteroatoms. The molecule has 0 heterocycles. The van der Waals surface area contributed by atoms with Crippen LogP contribution in [-0.2, 0) is 18.5 Å². The smallest absolute Gasteiger partial charge is 0.299 e. The first-order chi connectivity index (χ1) is 18.9. The molecule has 0 spiro atoms. The highest BCUT2D eigenvalue weighted by Gasteiger charge is 2.96. The Morgan fingerprint density at radius 3 is 1.30 bits per heavy atom. The molecule has 0 saturated heterocycles. The molecular weight excluding hydrogens is 703 g/mol. The van der Waals surface area contributed by atoms with Crippen LogP contribution in [0.4, 0.5) is 74.6 Å². The second-order valence-corrected chi connectivity index (χ2v) is 16.1. The summed E-state index contributed by atoms with van der Waals surface area (Å²) in [7, 11) is -11.8. The Morgan fingerprint density at radius 2 is 0.955 bits per heavy atom. The summed E-state index contributed by atoms with van der Waals surface area (Å²) >= 11 is 0. The molecule has 0 aromatic carbocycles. The fraction of sp³-hybridized carbons (Fsp3) is 0.952. The SMILES string of the molecule is CCCCCCC(=O)CS(C)(OS(=O)(=O)C(F)(F)C(F)(F)C(F)(F)C(F)(F)C(F)(F)C(F)(F)C(F)(F)C(F)(F)F)C(C)(C)C. The van der Waals surface area contributed by atoms with Gasteiger partial charge in [-0.2, -0.15) is 83.1 Å². The summed E-state index contributed by atoms with van der Waals surface area (Å²) in [5.74, 6) is -54.3. The Balaban J connectivity index is 6.91. The first-order valence-electron chi connectivity index (χ1n) is 11.9. The van der Waals surface area contributed by atoms with Crippen molar-refractivity contribution in [2.75, 3.05) is 12.0 Å². The summed E-state index contributed by atoms with van der Waals surface area (Å²) in [4.78, 5) is 12.3. The molecule has 0 aromatic heterocycles. The number of Topliss-reactive ketones (excluding diaryl/α,β-unsaturated/α-hetero) is 1. The van der Waals surface area contributed by atoms with Crippen molar-refractivity contribution in [3.63, 3.8) is 0 Å². The van der Waals surface area contributed by atoms with Crippen molar-refractivity contribution in [3.8, 4) is 0 Å². The normalized spacial score (nSPS) is 17.8. The van der Waals surface area contributed by atoms with Crippen LogP contribution in [0.5, 0.6) is 0 Å². The maximum atomic E-state index is 14.5. The molecule has 1 unspecified atom stereocenters. The summed E-state index contributed by atoms with van der Waals surface area (Å²) in [6.07, 6.45) is -5.88. The summed E-state index contributed by atoms with van der Waals surface area (Å²) in [5.41, 5.74) is 0. The number of carbonyl (C=O) groups excluding carboxylic acids is 1. The first-order valence-corrected chi connectivity index (χ1v) is 15.4. The van der Waals surface area contributed by atoms with Crippen molar-refractivity contribution in [3.05, 3.63) is 0 Å². The van der Waals surface area contributed by atoms with E-state index in [1.165, 1.54) is 0 Å². The maximum absolute atomic E-state index is 14.5. The van der Waals surface area contributed by atoms with E-state index in [1.807, 2.05) is 0 Å². The lowest BCUT2D eigenvalue weighted by Crippen LogP contribution is -2.75. The number of hydrogen-bond acceptors (Lipinski definition) is 4. The third-order valence-electron chi connectivity index (χ3n) is 6.29. The van der Waals surface area contributed by atoms with Crippen LogP contribution < -0.4 is 0 Å². The minimum Gasteiger partial charge on any atom is -0.299 e. The minimum absolute atomic E-state index is 0.140. The lowest BCUT2D eigenvalue weighted by molar-refractivity contribution is -0.458. The van der Waals surface area contributed by atoms with E-state index < -0.39 is 83.7 Å². The fourth-order valence-electron chi connectivity index (χ4n) is 3.02. The molecule has 0 aliphatic carbocycles. The van der Waals surface area contributed by atoms with Gasteiger partial charge in [0, 0.05) is 11.2 Å². The van der Waals surface area contributed by atoms with Crippen molar-refractivity contribution in [1.82, 2.24) is 0 Å². The predicted octanol–water partition coefficient (Wildman–Crippen LogP) is 8.99. The lowest BCUT2D eigenvalue weighted by Gasteiger charge is -2.46. The van der Waals surface area contributed by atoms with Crippen molar-refractivity contribution in [1.29, 1.82) is 0 Å². The highest BCUT2D eigenvalue weighted by atomic mass is 32.3. The van der Waals surface area contributed by atoms with Crippen LogP contribution >= 0.6 is 10.3 Å². The zero-order chi connectivity index (χ0) is 36.0. The summed E-state index contributed by atoms with van der Waals surface area (Å²) in [6, 6.07) is 0. The van der Waals surface area contributed by atoms with Crippen LogP contribution in [0.1, 0.15) is 59.8 Å². The molecule has 44 heavy (non-hydrogen) atoms. The Morgan fingerprint density at radius 1 is 0.591 bits per heavy atom. The molecule has 266 valence electrons. The quantitative estimate of drug-likeness (QED) is 0.118. The predicted molar refractivity (Wildman–Crippen MR) is 123 cm³/mol. The van der Waals surface area contributed by atoms with Crippen LogP contribution in [0, 0.1) is 0 Å². The number of ketones is 1. The third-order valence-corrected chi connectivity index (χ3v) is 12.6. The highest BCUT2D eigenvalue weighted by Crippen LogP contribution is 2.66. The molecule has 0 N–H and O–H groups in total. The number of unbranched alkanes of at least 4 members (excludes halogenated alkanes) is 3. The van der Waals surface area contributed by atoms with E-state index in [-0.39, 0.29) is 12.8 Å². The van der Waals surface area contributed by atoms with Crippen LogP contribution in [-0.4, -0.2) is 77.9 Å². The standard InChI is InChI=1S/C21H27F17O4S2/c1-6-7-8-9-10-12(39)11-43(5,13(2,3)4)42-44(40,41)21(37,38)19(32,33)17(28,29)15(24,25)14(22,23)16(26,27)18(30,31)20(34,35)36/h6-11H2,1-5H3. The molecule has 0 bridgehead atoms. The van der Waals surface area contributed by atoms with Gasteiger partial charge in [-0.1, -0.05) is 47.0 Å². The average Bonchev–Trinajstić information content (AvgIpc) is 2.79. The molecule has 0 amide bonds. The zero-order valence-corrected chi connectivity index (χ0v) is 24.8. The lowest BCUT2D eigenvalue weighted by atomic mass is 9.91. The molecule has 0 rings (SSSR count). The minimum atomic E-state index is -8.94. The van der Waals surface area contributed by atoms with Gasteiger partial charge in [0.15, 0.2) is 0 Å². The van der Waals surface area contributed by atoms with Crippen molar-refractivity contribution in [2.45, 2.75) is 112 Å². The van der Waals surface area contributed by atoms with Crippen LogP contribution in [0.25, 0.3) is 0 Å².